The Labute approximate surface area is 140 Å². The summed E-state index contributed by atoms with van der Waals surface area (Å²) >= 11 is 18.1. The predicted octanol–water partition coefficient (Wildman–Crippen LogP) is 5.37. The van der Waals surface area contributed by atoms with Crippen molar-refractivity contribution in [3.63, 3.8) is 0 Å². The number of hydrogen-bond acceptors (Lipinski definition) is 2. The molecule has 3 nitrogen and oxygen atoms in total. The first-order valence-electron chi connectivity index (χ1n) is 6.80. The molecule has 0 bridgehead atoms. The van der Waals surface area contributed by atoms with Gasteiger partial charge in [-0.2, -0.15) is 0 Å². The molecule has 1 fully saturated rings. The zero-order valence-corrected chi connectivity index (χ0v) is 14.5. The molecule has 6 heteroatoms. The maximum absolute atomic E-state index is 12.1. The molecule has 1 amide bonds. The minimum absolute atomic E-state index is 0.199. The maximum Gasteiger partial charge on any atom is 0.410 e. The summed E-state index contributed by atoms with van der Waals surface area (Å²) in [5.74, 6) is 0.199. The zero-order valence-electron chi connectivity index (χ0n) is 12.3. The number of halogens is 3. The normalized spacial score (nSPS) is 19.0. The molecule has 1 aliphatic heterocycles. The highest BCUT2D eigenvalue weighted by molar-refractivity contribution is 6.48. The van der Waals surface area contributed by atoms with Gasteiger partial charge >= 0.3 is 6.09 Å². The van der Waals surface area contributed by atoms with Gasteiger partial charge in [-0.05, 0) is 44.9 Å². The fraction of sp³-hybridized carbons (Fsp3) is 0.533. The SMILES string of the molecule is CC(C)(C)OC(=O)N1CCC(c2cc(Cl)c(Cl)c(Cl)c2)C1. The highest BCUT2D eigenvalue weighted by Crippen LogP contribution is 2.36. The van der Waals surface area contributed by atoms with Gasteiger partial charge in [0.1, 0.15) is 5.60 Å². The molecule has 1 unspecified atom stereocenters. The Balaban J connectivity index is 2.07. The first kappa shape index (κ1) is 16.7. The van der Waals surface area contributed by atoms with E-state index >= 15 is 0 Å². The van der Waals surface area contributed by atoms with Gasteiger partial charge in [-0.15, -0.1) is 0 Å². The smallest absolute Gasteiger partial charge is 0.410 e. The molecule has 116 valence electrons. The number of hydrogen-bond donors (Lipinski definition) is 0. The minimum Gasteiger partial charge on any atom is -0.444 e. The van der Waals surface area contributed by atoms with E-state index < -0.39 is 5.60 Å². The molecule has 21 heavy (non-hydrogen) atoms. The topological polar surface area (TPSA) is 29.5 Å². The molecular weight excluding hydrogens is 333 g/mol. The predicted molar refractivity (Wildman–Crippen MR) is 86.6 cm³/mol. The number of benzene rings is 1. The van der Waals surface area contributed by atoms with Gasteiger partial charge in [0, 0.05) is 19.0 Å². The summed E-state index contributed by atoms with van der Waals surface area (Å²) in [6.07, 6.45) is 0.573. The van der Waals surface area contributed by atoms with Gasteiger partial charge in [-0.1, -0.05) is 34.8 Å². The van der Waals surface area contributed by atoms with Crippen molar-refractivity contribution < 1.29 is 9.53 Å². The van der Waals surface area contributed by atoms with E-state index in [1.54, 1.807) is 4.90 Å². The van der Waals surface area contributed by atoms with Crippen LogP contribution in [0, 0.1) is 0 Å². The van der Waals surface area contributed by atoms with E-state index in [1.807, 2.05) is 32.9 Å². The van der Waals surface area contributed by atoms with Crippen LogP contribution in [0.15, 0.2) is 12.1 Å². The van der Waals surface area contributed by atoms with Crippen LogP contribution >= 0.6 is 34.8 Å². The van der Waals surface area contributed by atoms with E-state index in [0.29, 0.717) is 28.2 Å². The van der Waals surface area contributed by atoms with Crippen molar-refractivity contribution in [2.45, 2.75) is 38.7 Å². The number of likely N-dealkylation sites (tertiary alicyclic amines) is 1. The Morgan fingerprint density at radius 3 is 2.33 bits per heavy atom. The molecule has 2 rings (SSSR count). The van der Waals surface area contributed by atoms with E-state index in [4.69, 9.17) is 39.5 Å². The number of carbonyl (C=O) groups is 1. The molecule has 0 N–H and O–H groups in total. The standard InChI is InChI=1S/C15H18Cl3NO2/c1-15(2,3)21-14(20)19-5-4-9(8-19)10-6-11(16)13(18)12(17)7-10/h6-7,9H,4-5,8H2,1-3H3. The van der Waals surface area contributed by atoms with Crippen molar-refractivity contribution in [1.29, 1.82) is 0 Å². The minimum atomic E-state index is -0.484. The quantitative estimate of drug-likeness (QED) is 0.637. The van der Waals surface area contributed by atoms with Crippen LogP contribution in [0.3, 0.4) is 0 Å². The molecule has 0 aliphatic carbocycles. The third-order valence-electron chi connectivity index (χ3n) is 3.32. The summed E-state index contributed by atoms with van der Waals surface area (Å²) in [6.45, 7) is 6.84. The Morgan fingerprint density at radius 2 is 1.81 bits per heavy atom. The van der Waals surface area contributed by atoms with Gasteiger partial charge in [0.15, 0.2) is 0 Å². The lowest BCUT2D eigenvalue weighted by Gasteiger charge is -2.24. The summed E-state index contributed by atoms with van der Waals surface area (Å²) in [5.41, 5.74) is 0.516. The third kappa shape index (κ3) is 4.18. The van der Waals surface area contributed by atoms with E-state index in [9.17, 15) is 4.79 Å². The lowest BCUT2D eigenvalue weighted by molar-refractivity contribution is 0.0292. The van der Waals surface area contributed by atoms with E-state index in [2.05, 4.69) is 0 Å². The average molecular weight is 351 g/mol. The van der Waals surface area contributed by atoms with Crippen LogP contribution in [0.2, 0.25) is 15.1 Å². The van der Waals surface area contributed by atoms with Crippen LogP contribution in [0.4, 0.5) is 4.79 Å². The molecule has 1 heterocycles. The summed E-state index contributed by atoms with van der Waals surface area (Å²) < 4.78 is 5.39. The van der Waals surface area contributed by atoms with Crippen LogP contribution in [-0.4, -0.2) is 29.7 Å². The summed E-state index contributed by atoms with van der Waals surface area (Å²) in [6, 6.07) is 3.64. The van der Waals surface area contributed by atoms with Gasteiger partial charge in [0.25, 0.3) is 0 Å². The highest BCUT2D eigenvalue weighted by Gasteiger charge is 2.31. The molecule has 0 spiro atoms. The van der Waals surface area contributed by atoms with Crippen molar-refractivity contribution in [2.75, 3.05) is 13.1 Å². The summed E-state index contributed by atoms with van der Waals surface area (Å²) in [7, 11) is 0. The second-order valence-electron chi connectivity index (χ2n) is 6.21. The van der Waals surface area contributed by atoms with E-state index in [0.717, 1.165) is 12.0 Å². The van der Waals surface area contributed by atoms with Gasteiger partial charge < -0.3 is 9.64 Å². The molecule has 1 aromatic carbocycles. The Bertz CT molecular complexity index is 531. The average Bonchev–Trinajstić information content (AvgIpc) is 2.82. The van der Waals surface area contributed by atoms with Gasteiger partial charge in [-0.25, -0.2) is 4.79 Å². The molecule has 0 aromatic heterocycles. The van der Waals surface area contributed by atoms with Crippen molar-refractivity contribution in [1.82, 2.24) is 4.90 Å². The van der Waals surface area contributed by atoms with Crippen LogP contribution in [0.25, 0.3) is 0 Å². The van der Waals surface area contributed by atoms with Crippen LogP contribution < -0.4 is 0 Å². The largest absolute Gasteiger partial charge is 0.444 e. The van der Waals surface area contributed by atoms with Crippen molar-refractivity contribution in [2.24, 2.45) is 0 Å². The van der Waals surface area contributed by atoms with E-state index in [1.165, 1.54) is 0 Å². The van der Waals surface area contributed by atoms with Gasteiger partial charge in [0.2, 0.25) is 0 Å². The molecule has 1 aromatic rings. The lowest BCUT2D eigenvalue weighted by Crippen LogP contribution is -2.35. The molecular formula is C15H18Cl3NO2. The zero-order chi connectivity index (χ0) is 15.8. The van der Waals surface area contributed by atoms with Gasteiger partial charge in [-0.3, -0.25) is 0 Å². The summed E-state index contributed by atoms with van der Waals surface area (Å²) in [5, 5.41) is 1.24. The fourth-order valence-corrected chi connectivity index (χ4v) is 2.95. The lowest BCUT2D eigenvalue weighted by atomic mass is 9.98. The summed E-state index contributed by atoms with van der Waals surface area (Å²) in [4.78, 5) is 13.8. The molecule has 0 radical (unpaired) electrons. The first-order valence-corrected chi connectivity index (χ1v) is 7.93. The maximum atomic E-state index is 12.1. The number of rotatable bonds is 1. The Hall–Kier alpha value is -0.640. The van der Waals surface area contributed by atoms with Crippen LogP contribution in [0.5, 0.6) is 0 Å². The number of amides is 1. The Morgan fingerprint density at radius 1 is 1.24 bits per heavy atom. The molecule has 0 saturated carbocycles. The monoisotopic (exact) mass is 349 g/mol. The Kier molecular flexibility index (Phi) is 4.96. The molecule has 1 saturated heterocycles. The van der Waals surface area contributed by atoms with Crippen LogP contribution in [-0.2, 0) is 4.74 Å². The number of carbonyl (C=O) groups excluding carboxylic acids is 1. The second-order valence-corrected chi connectivity index (χ2v) is 7.40. The fourth-order valence-electron chi connectivity index (χ4n) is 2.34. The first-order chi connectivity index (χ1) is 9.67. The van der Waals surface area contributed by atoms with Crippen LogP contribution in [0.1, 0.15) is 38.7 Å². The second kappa shape index (κ2) is 6.23. The molecule has 1 aliphatic rings. The van der Waals surface area contributed by atoms with E-state index in [-0.39, 0.29) is 12.0 Å². The van der Waals surface area contributed by atoms with Crippen molar-refractivity contribution >= 4 is 40.9 Å². The van der Waals surface area contributed by atoms with Gasteiger partial charge in [0.05, 0.1) is 15.1 Å². The third-order valence-corrected chi connectivity index (χ3v) is 4.51. The highest BCUT2D eigenvalue weighted by atomic mass is 35.5. The number of nitrogens with zero attached hydrogens (tertiary/aromatic N) is 1. The molecule has 1 atom stereocenters. The van der Waals surface area contributed by atoms with Crippen molar-refractivity contribution in [3.8, 4) is 0 Å². The number of ether oxygens (including phenoxy) is 1. The van der Waals surface area contributed by atoms with Crippen molar-refractivity contribution in [3.05, 3.63) is 32.8 Å².